The van der Waals surface area contributed by atoms with E-state index in [2.05, 4.69) is 4.98 Å². The summed E-state index contributed by atoms with van der Waals surface area (Å²) in [6.45, 7) is 1.75. The fourth-order valence-corrected chi connectivity index (χ4v) is 3.49. The Morgan fingerprint density at radius 2 is 2.05 bits per heavy atom. The number of hydrogen-bond donors (Lipinski definition) is 2. The number of aromatic amines is 1. The van der Waals surface area contributed by atoms with Crippen molar-refractivity contribution in [3.63, 3.8) is 0 Å². The molecule has 3 rings (SSSR count). The Hall–Kier alpha value is -1.20. The average molecular weight is 294 g/mol. The van der Waals surface area contributed by atoms with Crippen molar-refractivity contribution in [1.82, 2.24) is 9.55 Å². The minimum Gasteiger partial charge on any atom is -0.391 e. The van der Waals surface area contributed by atoms with E-state index in [9.17, 15) is 9.50 Å². The molecule has 20 heavy (non-hydrogen) atoms. The summed E-state index contributed by atoms with van der Waals surface area (Å²) in [4.78, 5) is 3.06. The van der Waals surface area contributed by atoms with E-state index in [1.165, 1.54) is 6.07 Å². The van der Waals surface area contributed by atoms with Crippen molar-refractivity contribution in [3.05, 3.63) is 28.3 Å². The van der Waals surface area contributed by atoms with E-state index in [0.29, 0.717) is 15.9 Å². The molecule has 1 saturated carbocycles. The first-order valence-corrected chi connectivity index (χ1v) is 7.57. The molecule has 1 aliphatic rings. The Labute approximate surface area is 122 Å². The number of nitrogens with zero attached hydrogens (tertiary/aromatic N) is 1. The highest BCUT2D eigenvalue weighted by Crippen LogP contribution is 2.31. The second kappa shape index (κ2) is 5.30. The van der Waals surface area contributed by atoms with Crippen LogP contribution in [0.25, 0.3) is 11.0 Å². The van der Waals surface area contributed by atoms with Crippen molar-refractivity contribution in [1.29, 1.82) is 0 Å². The normalized spacial score (nSPS) is 23.9. The molecule has 1 aliphatic carbocycles. The zero-order valence-electron chi connectivity index (χ0n) is 11.5. The number of benzene rings is 1. The summed E-state index contributed by atoms with van der Waals surface area (Å²) in [7, 11) is 0. The number of aliphatic hydroxyl groups excluding tert-OH is 1. The summed E-state index contributed by atoms with van der Waals surface area (Å²) < 4.78 is 16.2. The number of nitrogens with one attached hydrogen (secondary N) is 1. The maximum Gasteiger partial charge on any atom is 0.178 e. The first-order valence-electron chi connectivity index (χ1n) is 7.16. The molecule has 0 bridgehead atoms. The molecule has 1 fully saturated rings. The van der Waals surface area contributed by atoms with Crippen LogP contribution in [0.4, 0.5) is 4.39 Å². The Balaban J connectivity index is 2.17. The molecular weight excluding hydrogens is 275 g/mol. The van der Waals surface area contributed by atoms with E-state index in [-0.39, 0.29) is 18.0 Å². The van der Waals surface area contributed by atoms with Crippen LogP contribution in [0, 0.1) is 17.5 Å². The van der Waals surface area contributed by atoms with Crippen LogP contribution in [-0.4, -0.2) is 20.8 Å². The molecule has 2 unspecified atom stereocenters. The predicted octanol–water partition coefficient (Wildman–Crippen LogP) is 4.01. The highest BCUT2D eigenvalue weighted by atomic mass is 32.1. The van der Waals surface area contributed by atoms with Crippen LogP contribution in [0.5, 0.6) is 0 Å². The van der Waals surface area contributed by atoms with Crippen LogP contribution in [0.3, 0.4) is 0 Å². The largest absolute Gasteiger partial charge is 0.391 e. The number of hydrogen-bond acceptors (Lipinski definition) is 2. The van der Waals surface area contributed by atoms with Gasteiger partial charge in [0.1, 0.15) is 5.82 Å². The molecule has 3 nitrogen and oxygen atoms in total. The van der Waals surface area contributed by atoms with Crippen molar-refractivity contribution in [2.24, 2.45) is 0 Å². The van der Waals surface area contributed by atoms with Crippen LogP contribution in [0.2, 0.25) is 0 Å². The van der Waals surface area contributed by atoms with Gasteiger partial charge in [-0.2, -0.15) is 0 Å². The minimum absolute atomic E-state index is 0.0105. The van der Waals surface area contributed by atoms with Gasteiger partial charge in [0.15, 0.2) is 4.77 Å². The lowest BCUT2D eigenvalue weighted by Gasteiger charge is -2.22. The molecule has 0 radical (unpaired) electrons. The Morgan fingerprint density at radius 3 is 2.85 bits per heavy atom. The van der Waals surface area contributed by atoms with Crippen molar-refractivity contribution in [3.8, 4) is 0 Å². The van der Waals surface area contributed by atoms with Crippen molar-refractivity contribution in [2.45, 2.75) is 51.2 Å². The molecular formula is C15H19FN2OS. The number of aryl methyl sites for hydroxylation is 1. The maximum atomic E-state index is 13.7. The second-order valence-corrected chi connectivity index (χ2v) is 6.08. The van der Waals surface area contributed by atoms with Gasteiger partial charge in [-0.1, -0.05) is 19.3 Å². The molecule has 0 spiro atoms. The fraction of sp³-hybridized carbons (Fsp3) is 0.533. The molecule has 2 atom stereocenters. The third kappa shape index (κ3) is 2.29. The van der Waals surface area contributed by atoms with Gasteiger partial charge in [0.05, 0.1) is 23.2 Å². The van der Waals surface area contributed by atoms with Gasteiger partial charge >= 0.3 is 0 Å². The SMILES string of the molecule is Cc1cc2c(cc1F)[nH]c(=S)n2C1CCCCCC1O. The molecule has 0 aliphatic heterocycles. The van der Waals surface area contributed by atoms with Crippen LogP contribution >= 0.6 is 12.2 Å². The molecule has 1 aromatic carbocycles. The highest BCUT2D eigenvalue weighted by molar-refractivity contribution is 7.71. The maximum absolute atomic E-state index is 13.7. The summed E-state index contributed by atoms with van der Waals surface area (Å²) in [5.74, 6) is -0.234. The average Bonchev–Trinajstić information content (AvgIpc) is 2.58. The van der Waals surface area contributed by atoms with Crippen molar-refractivity contribution < 1.29 is 9.50 Å². The lowest BCUT2D eigenvalue weighted by atomic mass is 10.1. The van der Waals surface area contributed by atoms with Gasteiger partial charge in [-0.3, -0.25) is 0 Å². The lowest BCUT2D eigenvalue weighted by Crippen LogP contribution is -2.23. The number of fused-ring (bicyclic) bond motifs is 1. The number of H-pyrrole nitrogens is 1. The number of halogens is 1. The van der Waals surface area contributed by atoms with E-state index in [0.717, 1.165) is 37.6 Å². The third-order valence-corrected chi connectivity index (χ3v) is 4.57. The number of aliphatic hydroxyl groups is 1. The molecule has 2 aromatic rings. The van der Waals surface area contributed by atoms with E-state index in [1.54, 1.807) is 6.92 Å². The Bertz CT molecular complexity index is 691. The second-order valence-electron chi connectivity index (χ2n) is 5.69. The molecule has 1 aromatic heterocycles. The summed E-state index contributed by atoms with van der Waals surface area (Å²) in [6.07, 6.45) is 4.64. The van der Waals surface area contributed by atoms with Gasteiger partial charge in [-0.15, -0.1) is 0 Å². The number of rotatable bonds is 1. The van der Waals surface area contributed by atoms with Crippen LogP contribution in [0.1, 0.15) is 43.7 Å². The van der Waals surface area contributed by atoms with E-state index < -0.39 is 0 Å². The van der Waals surface area contributed by atoms with Crippen LogP contribution in [-0.2, 0) is 0 Å². The minimum atomic E-state index is -0.381. The van der Waals surface area contributed by atoms with Gasteiger partial charge in [0.2, 0.25) is 0 Å². The van der Waals surface area contributed by atoms with E-state index in [1.807, 2.05) is 10.6 Å². The van der Waals surface area contributed by atoms with Gasteiger partial charge in [-0.25, -0.2) is 4.39 Å². The number of imidazole rings is 1. The van der Waals surface area contributed by atoms with E-state index in [4.69, 9.17) is 12.2 Å². The van der Waals surface area contributed by atoms with Gasteiger partial charge < -0.3 is 14.7 Å². The Morgan fingerprint density at radius 1 is 1.30 bits per heavy atom. The molecule has 0 amide bonds. The quantitative estimate of drug-likeness (QED) is 0.616. The summed E-state index contributed by atoms with van der Waals surface area (Å²) in [6, 6.07) is 3.29. The van der Waals surface area contributed by atoms with Crippen LogP contribution in [0.15, 0.2) is 12.1 Å². The molecule has 1 heterocycles. The summed E-state index contributed by atoms with van der Waals surface area (Å²) >= 11 is 5.39. The molecule has 5 heteroatoms. The molecule has 108 valence electrons. The predicted molar refractivity (Wildman–Crippen MR) is 79.9 cm³/mol. The van der Waals surface area contributed by atoms with Crippen LogP contribution < -0.4 is 0 Å². The summed E-state index contributed by atoms with van der Waals surface area (Å²) in [5, 5.41) is 10.4. The monoisotopic (exact) mass is 294 g/mol. The first kappa shape index (κ1) is 13.8. The smallest absolute Gasteiger partial charge is 0.178 e. The molecule has 0 saturated heterocycles. The third-order valence-electron chi connectivity index (χ3n) is 4.27. The van der Waals surface area contributed by atoms with Gasteiger partial charge in [0.25, 0.3) is 0 Å². The van der Waals surface area contributed by atoms with E-state index >= 15 is 0 Å². The zero-order valence-corrected chi connectivity index (χ0v) is 12.3. The lowest BCUT2D eigenvalue weighted by molar-refractivity contribution is 0.107. The number of aromatic nitrogens is 2. The standard InChI is InChI=1S/C15H19FN2OS/c1-9-7-13-11(8-10(9)16)17-15(20)18(13)12-5-3-2-4-6-14(12)19/h7-8,12,14,19H,2-6H2,1H3,(H,17,20). The van der Waals surface area contributed by atoms with Crippen molar-refractivity contribution >= 4 is 23.3 Å². The zero-order chi connectivity index (χ0) is 14.3. The molecule has 2 N–H and O–H groups in total. The Kier molecular flexibility index (Phi) is 3.65. The van der Waals surface area contributed by atoms with Crippen molar-refractivity contribution in [2.75, 3.05) is 0 Å². The van der Waals surface area contributed by atoms with Gasteiger partial charge in [-0.05, 0) is 49.7 Å². The first-order chi connectivity index (χ1) is 9.58. The highest BCUT2D eigenvalue weighted by Gasteiger charge is 2.25. The van der Waals surface area contributed by atoms with Gasteiger partial charge in [0, 0.05) is 0 Å². The summed E-state index contributed by atoms with van der Waals surface area (Å²) in [5.41, 5.74) is 2.19. The fourth-order valence-electron chi connectivity index (χ4n) is 3.15. The topological polar surface area (TPSA) is 41.0 Å².